The fourth-order valence-electron chi connectivity index (χ4n) is 3.41. The van der Waals surface area contributed by atoms with Crippen LogP contribution in [-0.2, 0) is 9.53 Å². The number of ether oxygens (including phenoxy) is 1. The highest BCUT2D eigenvalue weighted by atomic mass is 19.1. The first-order valence-electron chi connectivity index (χ1n) is 8.31. The van der Waals surface area contributed by atoms with Crippen LogP contribution in [0.2, 0.25) is 0 Å². The van der Waals surface area contributed by atoms with E-state index in [1.165, 1.54) is 19.4 Å². The summed E-state index contributed by atoms with van der Waals surface area (Å²) in [5.74, 6) is -0.484. The molecule has 0 spiro atoms. The molecule has 5 nitrogen and oxygen atoms in total. The molecule has 6 heteroatoms. The van der Waals surface area contributed by atoms with Crippen molar-refractivity contribution in [3.8, 4) is 0 Å². The number of benzene rings is 1. The van der Waals surface area contributed by atoms with Crippen LogP contribution >= 0.6 is 0 Å². The maximum absolute atomic E-state index is 13.9. The second kappa shape index (κ2) is 6.78. The normalized spacial score (nSPS) is 20.1. The van der Waals surface area contributed by atoms with E-state index < -0.39 is 0 Å². The molecule has 1 aliphatic rings. The van der Waals surface area contributed by atoms with Gasteiger partial charge in [0.05, 0.1) is 19.1 Å². The molecule has 1 aliphatic heterocycles. The minimum atomic E-state index is -0.387. The summed E-state index contributed by atoms with van der Waals surface area (Å²) >= 11 is 0. The van der Waals surface area contributed by atoms with Crippen molar-refractivity contribution in [3.63, 3.8) is 0 Å². The van der Waals surface area contributed by atoms with Crippen molar-refractivity contribution in [3.05, 3.63) is 41.3 Å². The van der Waals surface area contributed by atoms with Crippen molar-refractivity contribution in [1.29, 1.82) is 0 Å². The van der Waals surface area contributed by atoms with Gasteiger partial charge in [0.25, 0.3) is 5.91 Å². The van der Waals surface area contributed by atoms with E-state index in [2.05, 4.69) is 4.98 Å². The van der Waals surface area contributed by atoms with Crippen LogP contribution < -0.4 is 0 Å². The molecule has 132 valence electrons. The quantitative estimate of drug-likeness (QED) is 0.803. The summed E-state index contributed by atoms with van der Waals surface area (Å²) in [6.45, 7) is 4.92. The summed E-state index contributed by atoms with van der Waals surface area (Å²) in [7, 11) is 1.37. The molecule has 0 saturated carbocycles. The number of rotatable bonds is 3. The van der Waals surface area contributed by atoms with Crippen molar-refractivity contribution >= 4 is 22.8 Å². The SMILES string of the molecule is COC(=O)C[C@@H]1CN(C(=O)c2cnc3c(F)cc(C)cc3c2)C[C@H]1C. The Morgan fingerprint density at radius 3 is 2.80 bits per heavy atom. The third kappa shape index (κ3) is 3.48. The second-order valence-corrected chi connectivity index (χ2v) is 6.77. The van der Waals surface area contributed by atoms with Gasteiger partial charge >= 0.3 is 5.97 Å². The number of aryl methyl sites for hydroxylation is 1. The monoisotopic (exact) mass is 344 g/mol. The predicted octanol–water partition coefficient (Wildman–Crippen LogP) is 2.95. The van der Waals surface area contributed by atoms with E-state index >= 15 is 0 Å². The van der Waals surface area contributed by atoms with Crippen molar-refractivity contribution in [2.24, 2.45) is 11.8 Å². The minimum Gasteiger partial charge on any atom is -0.469 e. The van der Waals surface area contributed by atoms with Gasteiger partial charge in [-0.05, 0) is 42.5 Å². The molecule has 1 saturated heterocycles. The number of nitrogens with zero attached hydrogens (tertiary/aromatic N) is 2. The number of hydrogen-bond donors (Lipinski definition) is 0. The van der Waals surface area contributed by atoms with Crippen LogP contribution in [0.3, 0.4) is 0 Å². The van der Waals surface area contributed by atoms with E-state index in [1.807, 2.05) is 13.0 Å². The lowest BCUT2D eigenvalue weighted by atomic mass is 9.95. The Bertz CT molecular complexity index is 837. The molecule has 1 aromatic carbocycles. The van der Waals surface area contributed by atoms with Crippen molar-refractivity contribution < 1.29 is 18.7 Å². The summed E-state index contributed by atoms with van der Waals surface area (Å²) in [4.78, 5) is 30.1. The third-order valence-electron chi connectivity index (χ3n) is 4.84. The number of carbonyl (C=O) groups is 2. The maximum Gasteiger partial charge on any atom is 0.305 e. The number of esters is 1. The van der Waals surface area contributed by atoms with Crippen molar-refractivity contribution in [2.75, 3.05) is 20.2 Å². The zero-order valence-corrected chi connectivity index (χ0v) is 14.6. The first-order chi connectivity index (χ1) is 11.9. The first-order valence-corrected chi connectivity index (χ1v) is 8.31. The molecule has 3 rings (SSSR count). The van der Waals surface area contributed by atoms with E-state index in [-0.39, 0.29) is 35.0 Å². The average Bonchev–Trinajstić information content (AvgIpc) is 2.94. The number of likely N-dealkylation sites (tertiary alicyclic amines) is 1. The highest BCUT2D eigenvalue weighted by Gasteiger charge is 2.34. The summed E-state index contributed by atoms with van der Waals surface area (Å²) < 4.78 is 18.7. The highest BCUT2D eigenvalue weighted by Crippen LogP contribution is 2.28. The molecule has 1 amide bonds. The Hall–Kier alpha value is -2.50. The third-order valence-corrected chi connectivity index (χ3v) is 4.84. The number of aromatic nitrogens is 1. The summed E-state index contributed by atoms with van der Waals surface area (Å²) in [6, 6.07) is 4.92. The minimum absolute atomic E-state index is 0.0875. The summed E-state index contributed by atoms with van der Waals surface area (Å²) in [5.41, 5.74) is 1.48. The molecule has 2 atom stereocenters. The highest BCUT2D eigenvalue weighted by molar-refractivity contribution is 5.97. The van der Waals surface area contributed by atoms with Crippen LogP contribution in [0.1, 0.15) is 29.3 Å². The first kappa shape index (κ1) is 17.3. The van der Waals surface area contributed by atoms with Gasteiger partial charge in [-0.2, -0.15) is 0 Å². The van der Waals surface area contributed by atoms with E-state index in [4.69, 9.17) is 4.74 Å². The fraction of sp³-hybridized carbons (Fsp3) is 0.421. The molecular formula is C19H21FN2O3. The topological polar surface area (TPSA) is 59.5 Å². The Labute approximate surface area is 145 Å². The lowest BCUT2D eigenvalue weighted by Gasteiger charge is -2.16. The lowest BCUT2D eigenvalue weighted by molar-refractivity contribution is -0.141. The molecular weight excluding hydrogens is 323 g/mol. The maximum atomic E-state index is 13.9. The summed E-state index contributed by atoms with van der Waals surface area (Å²) in [5, 5.41) is 0.613. The number of methoxy groups -OCH3 is 1. The molecule has 0 N–H and O–H groups in total. The number of halogens is 1. The Morgan fingerprint density at radius 1 is 1.32 bits per heavy atom. The molecule has 0 unspecified atom stereocenters. The molecule has 0 aliphatic carbocycles. The van der Waals surface area contributed by atoms with Crippen molar-refractivity contribution in [2.45, 2.75) is 20.3 Å². The predicted molar refractivity (Wildman–Crippen MR) is 91.6 cm³/mol. The van der Waals surface area contributed by atoms with Gasteiger partial charge in [-0.3, -0.25) is 14.6 Å². The zero-order chi connectivity index (χ0) is 18.1. The van der Waals surface area contributed by atoms with Crippen LogP contribution in [0.5, 0.6) is 0 Å². The molecule has 0 radical (unpaired) electrons. The van der Waals surface area contributed by atoms with Gasteiger partial charge in [-0.15, -0.1) is 0 Å². The number of hydrogen-bond acceptors (Lipinski definition) is 4. The van der Waals surface area contributed by atoms with Crippen LogP contribution in [0.15, 0.2) is 24.4 Å². The molecule has 2 heterocycles. The van der Waals surface area contributed by atoms with Crippen LogP contribution in [-0.4, -0.2) is 42.0 Å². The van der Waals surface area contributed by atoms with Gasteiger partial charge in [-0.25, -0.2) is 4.39 Å². The van der Waals surface area contributed by atoms with Crippen LogP contribution in [0.25, 0.3) is 10.9 Å². The molecule has 1 aromatic heterocycles. The largest absolute Gasteiger partial charge is 0.469 e. The van der Waals surface area contributed by atoms with Crippen molar-refractivity contribution in [1.82, 2.24) is 9.88 Å². The molecule has 1 fully saturated rings. The van der Waals surface area contributed by atoms with E-state index in [0.717, 1.165) is 5.56 Å². The molecule has 2 aromatic rings. The summed E-state index contributed by atoms with van der Waals surface area (Å²) in [6.07, 6.45) is 1.73. The van der Waals surface area contributed by atoms with Gasteiger partial charge in [-0.1, -0.05) is 6.92 Å². The van der Waals surface area contributed by atoms with Gasteiger partial charge in [0, 0.05) is 24.7 Å². The standard InChI is InChI=1S/C19H21FN2O3/c1-11-4-13-6-14(8-21-18(13)16(20)5-11)19(24)22-9-12(2)15(10-22)7-17(23)25-3/h4-6,8,12,15H,7,9-10H2,1-3H3/t12-,15-/m1/s1. The fourth-order valence-corrected chi connectivity index (χ4v) is 3.41. The Morgan fingerprint density at radius 2 is 2.08 bits per heavy atom. The van der Waals surface area contributed by atoms with E-state index in [0.29, 0.717) is 30.5 Å². The number of amides is 1. The molecule has 25 heavy (non-hydrogen) atoms. The second-order valence-electron chi connectivity index (χ2n) is 6.77. The van der Waals surface area contributed by atoms with Gasteiger partial charge < -0.3 is 9.64 Å². The van der Waals surface area contributed by atoms with E-state index in [1.54, 1.807) is 17.9 Å². The lowest BCUT2D eigenvalue weighted by Crippen LogP contribution is -2.29. The average molecular weight is 344 g/mol. The number of carbonyl (C=O) groups excluding carboxylic acids is 2. The van der Waals surface area contributed by atoms with Crippen LogP contribution in [0.4, 0.5) is 4.39 Å². The Balaban J connectivity index is 1.81. The zero-order valence-electron chi connectivity index (χ0n) is 14.6. The molecule has 0 bridgehead atoms. The number of fused-ring (bicyclic) bond motifs is 1. The van der Waals surface area contributed by atoms with Gasteiger partial charge in [0.15, 0.2) is 0 Å². The van der Waals surface area contributed by atoms with Gasteiger partial charge in [0.2, 0.25) is 0 Å². The van der Waals surface area contributed by atoms with Gasteiger partial charge in [0.1, 0.15) is 11.3 Å². The smallest absolute Gasteiger partial charge is 0.305 e. The van der Waals surface area contributed by atoms with Crippen LogP contribution in [0, 0.1) is 24.6 Å². The Kier molecular flexibility index (Phi) is 4.70. The van der Waals surface area contributed by atoms with E-state index in [9.17, 15) is 14.0 Å². The number of pyridine rings is 1.